The van der Waals surface area contributed by atoms with Crippen molar-refractivity contribution in [3.8, 4) is 11.1 Å². The van der Waals surface area contributed by atoms with E-state index in [9.17, 15) is 13.6 Å². The lowest BCUT2D eigenvalue weighted by molar-refractivity contribution is -0.112. The molecule has 1 aliphatic rings. The molecule has 2 unspecified atom stereocenters. The number of nitrogens with zero attached hydrogens (tertiary/aromatic N) is 1. The summed E-state index contributed by atoms with van der Waals surface area (Å²) in [6.45, 7) is 2.08. The molecule has 3 rings (SSSR count). The highest BCUT2D eigenvalue weighted by atomic mass is 35.5. The molecule has 0 N–H and O–H groups in total. The number of hydrogen-bond acceptors (Lipinski definition) is 3. The molecule has 0 saturated carbocycles. The molecule has 1 heterocycles. The molecule has 2 atom stereocenters. The Labute approximate surface area is 155 Å². The highest BCUT2D eigenvalue weighted by molar-refractivity contribution is 6.68. The fourth-order valence-electron chi connectivity index (χ4n) is 2.52. The number of allylic oxidation sites excluding steroid dienone is 1. The van der Waals surface area contributed by atoms with Gasteiger partial charge in [0.15, 0.2) is 0 Å². The highest BCUT2D eigenvalue weighted by Crippen LogP contribution is 2.29. The second kappa shape index (κ2) is 7.38. The largest absolute Gasteiger partial charge is 0.416 e. The molecule has 1 aliphatic heterocycles. The van der Waals surface area contributed by atoms with Crippen LogP contribution in [-0.4, -0.2) is 23.3 Å². The summed E-state index contributed by atoms with van der Waals surface area (Å²) >= 11 is 5.50. The summed E-state index contributed by atoms with van der Waals surface area (Å²) < 4.78 is 32.8. The molecule has 2 aromatic carbocycles. The molecule has 134 valence electrons. The van der Waals surface area contributed by atoms with Crippen LogP contribution in [0.3, 0.4) is 0 Å². The number of alkyl halides is 2. The second-order valence-corrected chi connectivity index (χ2v) is 6.22. The van der Waals surface area contributed by atoms with Crippen molar-refractivity contribution in [1.29, 1.82) is 0 Å². The standard InChI is InChI=1S/C20H16ClF2NO2/c1-2-13-3-5-14(6-4-13)15-7-9-16(10-8-15)18(25)26-20(23)12-11-17(21)24-19(20)22/h3-12,19H,2H2,1H3. The number of rotatable bonds is 4. The predicted molar refractivity (Wildman–Crippen MR) is 97.8 cm³/mol. The minimum absolute atomic E-state index is 0.109. The van der Waals surface area contributed by atoms with Gasteiger partial charge in [-0.2, -0.15) is 4.39 Å². The number of aryl methyl sites for hydroxylation is 1. The number of ether oxygens (including phenoxy) is 1. The van der Waals surface area contributed by atoms with Crippen molar-refractivity contribution < 1.29 is 18.3 Å². The maximum atomic E-state index is 14.4. The van der Waals surface area contributed by atoms with E-state index in [0.29, 0.717) is 0 Å². The van der Waals surface area contributed by atoms with Gasteiger partial charge >= 0.3 is 11.8 Å². The number of dihydropyridines is 1. The lowest BCUT2D eigenvalue weighted by atomic mass is 10.0. The van der Waals surface area contributed by atoms with E-state index in [0.717, 1.165) is 29.7 Å². The van der Waals surface area contributed by atoms with E-state index >= 15 is 0 Å². The maximum absolute atomic E-state index is 14.4. The Bertz CT molecular complexity index is 862. The fourth-order valence-corrected chi connectivity index (χ4v) is 2.67. The maximum Gasteiger partial charge on any atom is 0.341 e. The molecular weight excluding hydrogens is 360 g/mol. The summed E-state index contributed by atoms with van der Waals surface area (Å²) in [5.74, 6) is -3.95. The average molecular weight is 376 g/mol. The van der Waals surface area contributed by atoms with Gasteiger partial charge in [0.2, 0.25) is 0 Å². The first kappa shape index (κ1) is 18.3. The van der Waals surface area contributed by atoms with Crippen LogP contribution in [0.25, 0.3) is 11.1 Å². The lowest BCUT2D eigenvalue weighted by Crippen LogP contribution is -2.39. The molecule has 0 fully saturated rings. The van der Waals surface area contributed by atoms with Crippen LogP contribution in [0.1, 0.15) is 22.8 Å². The smallest absolute Gasteiger partial charge is 0.341 e. The third-order valence-corrected chi connectivity index (χ3v) is 4.30. The minimum Gasteiger partial charge on any atom is -0.416 e. The SMILES string of the molecule is CCc1ccc(-c2ccc(C(=O)OC3(F)C=CC(Cl)=NC3F)cc2)cc1. The van der Waals surface area contributed by atoms with Gasteiger partial charge < -0.3 is 4.74 Å². The van der Waals surface area contributed by atoms with Crippen LogP contribution in [0, 0.1) is 0 Å². The van der Waals surface area contributed by atoms with Gasteiger partial charge in [0.1, 0.15) is 5.17 Å². The van der Waals surface area contributed by atoms with Crippen molar-refractivity contribution in [2.24, 2.45) is 4.99 Å². The second-order valence-electron chi connectivity index (χ2n) is 5.84. The van der Waals surface area contributed by atoms with Gasteiger partial charge in [0, 0.05) is 0 Å². The van der Waals surface area contributed by atoms with Crippen molar-refractivity contribution in [2.75, 3.05) is 0 Å². The molecule has 0 aromatic heterocycles. The number of hydrogen-bond donors (Lipinski definition) is 0. The molecule has 6 heteroatoms. The average Bonchev–Trinajstić information content (AvgIpc) is 2.65. The van der Waals surface area contributed by atoms with Crippen molar-refractivity contribution in [3.05, 3.63) is 71.8 Å². The Hall–Kier alpha value is -2.53. The molecule has 3 nitrogen and oxygen atoms in total. The third-order valence-electron chi connectivity index (χ3n) is 4.07. The van der Waals surface area contributed by atoms with Crippen molar-refractivity contribution >= 4 is 22.7 Å². The van der Waals surface area contributed by atoms with Gasteiger partial charge in [-0.25, -0.2) is 14.2 Å². The van der Waals surface area contributed by atoms with Gasteiger partial charge in [0.05, 0.1) is 5.56 Å². The summed E-state index contributed by atoms with van der Waals surface area (Å²) in [7, 11) is 0. The van der Waals surface area contributed by atoms with Crippen LogP contribution < -0.4 is 0 Å². The Morgan fingerprint density at radius 3 is 2.27 bits per heavy atom. The van der Waals surface area contributed by atoms with E-state index in [2.05, 4.69) is 16.7 Å². The highest BCUT2D eigenvalue weighted by Gasteiger charge is 2.43. The van der Waals surface area contributed by atoms with E-state index in [4.69, 9.17) is 11.6 Å². The summed E-state index contributed by atoms with van der Waals surface area (Å²) in [4.78, 5) is 15.4. The predicted octanol–water partition coefficient (Wildman–Crippen LogP) is 5.24. The molecule has 0 saturated heterocycles. The van der Waals surface area contributed by atoms with Crippen molar-refractivity contribution in [2.45, 2.75) is 25.5 Å². The third kappa shape index (κ3) is 3.83. The van der Waals surface area contributed by atoms with Crippen molar-refractivity contribution in [3.63, 3.8) is 0 Å². The zero-order valence-corrected chi connectivity index (χ0v) is 14.7. The van der Waals surface area contributed by atoms with Crippen LogP contribution in [0.5, 0.6) is 0 Å². The monoisotopic (exact) mass is 375 g/mol. The van der Waals surface area contributed by atoms with Crippen LogP contribution >= 0.6 is 11.6 Å². The molecule has 0 bridgehead atoms. The number of esters is 1. The number of carbonyl (C=O) groups is 1. The molecule has 0 amide bonds. The molecule has 0 aliphatic carbocycles. The van der Waals surface area contributed by atoms with E-state index in [1.165, 1.54) is 17.7 Å². The normalized spacial score (nSPS) is 22.0. The quantitative estimate of drug-likeness (QED) is 0.541. The van der Waals surface area contributed by atoms with E-state index in [1.807, 2.05) is 24.3 Å². The summed E-state index contributed by atoms with van der Waals surface area (Å²) in [5.41, 5.74) is 3.23. The molecule has 0 spiro atoms. The van der Waals surface area contributed by atoms with E-state index in [1.54, 1.807) is 12.1 Å². The lowest BCUT2D eigenvalue weighted by Gasteiger charge is -2.25. The van der Waals surface area contributed by atoms with Crippen LogP contribution in [0.2, 0.25) is 0 Å². The minimum atomic E-state index is -2.97. The fraction of sp³-hybridized carbons (Fsp3) is 0.200. The Morgan fingerprint density at radius 2 is 1.73 bits per heavy atom. The Kier molecular flexibility index (Phi) is 5.18. The molecular formula is C20H16ClF2NO2. The first-order chi connectivity index (χ1) is 12.4. The number of benzene rings is 2. The van der Waals surface area contributed by atoms with E-state index < -0.39 is 18.1 Å². The van der Waals surface area contributed by atoms with Crippen molar-refractivity contribution in [1.82, 2.24) is 0 Å². The molecule has 2 aromatic rings. The zero-order chi connectivity index (χ0) is 18.7. The van der Waals surface area contributed by atoms with E-state index in [-0.39, 0.29) is 10.7 Å². The van der Waals surface area contributed by atoms with Gasteiger partial charge in [-0.1, -0.05) is 54.9 Å². The van der Waals surface area contributed by atoms with Crippen LogP contribution in [0.4, 0.5) is 8.78 Å². The molecule has 26 heavy (non-hydrogen) atoms. The topological polar surface area (TPSA) is 38.7 Å². The first-order valence-electron chi connectivity index (χ1n) is 8.09. The zero-order valence-electron chi connectivity index (χ0n) is 14.0. The first-order valence-corrected chi connectivity index (χ1v) is 8.47. The Balaban J connectivity index is 1.74. The number of halogens is 3. The van der Waals surface area contributed by atoms with Crippen LogP contribution in [0.15, 0.2) is 65.7 Å². The molecule has 0 radical (unpaired) electrons. The Morgan fingerprint density at radius 1 is 1.15 bits per heavy atom. The van der Waals surface area contributed by atoms with Gasteiger partial charge in [0.25, 0.3) is 6.30 Å². The summed E-state index contributed by atoms with van der Waals surface area (Å²) in [6.07, 6.45) is 0.345. The number of aliphatic imine (C=N–C) groups is 1. The van der Waals surface area contributed by atoms with Crippen LogP contribution in [-0.2, 0) is 11.2 Å². The summed E-state index contributed by atoms with van der Waals surface area (Å²) in [6, 6.07) is 14.5. The van der Waals surface area contributed by atoms with Gasteiger partial charge in [-0.3, -0.25) is 0 Å². The van der Waals surface area contributed by atoms with Gasteiger partial charge in [-0.05, 0) is 47.4 Å². The summed E-state index contributed by atoms with van der Waals surface area (Å²) in [5, 5.41) is -0.194. The van der Waals surface area contributed by atoms with Gasteiger partial charge in [-0.15, -0.1) is 0 Å². The number of carbonyl (C=O) groups excluding carboxylic acids is 1.